The summed E-state index contributed by atoms with van der Waals surface area (Å²) in [4.78, 5) is 30.6. The van der Waals surface area contributed by atoms with E-state index >= 15 is 0 Å². The quantitative estimate of drug-likeness (QED) is 0.566. The Balaban J connectivity index is 1.29. The smallest absolute Gasteiger partial charge is 0.293 e. The molecule has 10 nitrogen and oxygen atoms in total. The second-order valence-electron chi connectivity index (χ2n) is 8.23. The predicted molar refractivity (Wildman–Crippen MR) is 129 cm³/mol. The molecule has 1 atom stereocenters. The molecule has 1 fully saturated rings. The number of nitrogens with zero attached hydrogens (tertiary/aromatic N) is 6. The minimum absolute atomic E-state index is 0.154. The van der Waals surface area contributed by atoms with Crippen molar-refractivity contribution in [3.8, 4) is 5.75 Å². The summed E-state index contributed by atoms with van der Waals surface area (Å²) in [5.74, 6) is 0.480. The fourth-order valence-corrected chi connectivity index (χ4v) is 4.93. The van der Waals surface area contributed by atoms with Crippen molar-refractivity contribution in [2.24, 2.45) is 0 Å². The first kappa shape index (κ1) is 23.1. The summed E-state index contributed by atoms with van der Waals surface area (Å²) in [5.41, 5.74) is 1.85. The second-order valence-corrected chi connectivity index (χ2v) is 9.46. The van der Waals surface area contributed by atoms with Gasteiger partial charge in [-0.15, -0.1) is 10.2 Å². The van der Waals surface area contributed by atoms with E-state index in [4.69, 9.17) is 4.74 Å². The SMILES string of the molecule is CN1C(=O)[C@@H](NC(=O)c2nnn(Cc3ccccc3)n2)COc2cc(F)c(N3CCSCC3)cc21. The van der Waals surface area contributed by atoms with E-state index in [1.165, 1.54) is 15.8 Å². The monoisotopic (exact) mass is 497 g/mol. The van der Waals surface area contributed by atoms with Crippen molar-refractivity contribution >= 4 is 35.0 Å². The van der Waals surface area contributed by atoms with Gasteiger partial charge in [0, 0.05) is 37.7 Å². The lowest BCUT2D eigenvalue weighted by molar-refractivity contribution is -0.120. The molecule has 1 N–H and O–H groups in total. The number of tetrazole rings is 1. The average molecular weight is 498 g/mol. The number of hydrogen-bond donors (Lipinski definition) is 1. The Morgan fingerprint density at radius 3 is 2.74 bits per heavy atom. The van der Waals surface area contributed by atoms with Crippen molar-refractivity contribution < 1.29 is 18.7 Å². The second kappa shape index (κ2) is 9.90. The van der Waals surface area contributed by atoms with Gasteiger partial charge in [-0.05, 0) is 16.8 Å². The maximum Gasteiger partial charge on any atom is 0.293 e. The number of likely N-dealkylation sites (N-methyl/N-ethyl adjacent to an activating group) is 1. The lowest BCUT2D eigenvalue weighted by atomic mass is 10.2. The van der Waals surface area contributed by atoms with Gasteiger partial charge >= 0.3 is 0 Å². The van der Waals surface area contributed by atoms with Gasteiger partial charge in [-0.3, -0.25) is 9.59 Å². The molecule has 1 aromatic heterocycles. The van der Waals surface area contributed by atoms with Crippen LogP contribution in [-0.2, 0) is 11.3 Å². The van der Waals surface area contributed by atoms with E-state index in [1.807, 2.05) is 47.0 Å². The number of nitrogens with one attached hydrogen (secondary N) is 1. The van der Waals surface area contributed by atoms with Crippen molar-refractivity contribution in [2.75, 3.05) is 48.0 Å². The van der Waals surface area contributed by atoms with Crippen molar-refractivity contribution in [2.45, 2.75) is 12.6 Å². The number of halogens is 1. The number of rotatable bonds is 5. The third-order valence-electron chi connectivity index (χ3n) is 5.90. The molecule has 0 radical (unpaired) electrons. The average Bonchev–Trinajstić information content (AvgIpc) is 3.31. The molecular formula is C23H24FN7O3S. The highest BCUT2D eigenvalue weighted by Crippen LogP contribution is 2.37. The summed E-state index contributed by atoms with van der Waals surface area (Å²) in [6.07, 6.45) is 0. The highest BCUT2D eigenvalue weighted by Gasteiger charge is 2.33. The number of carbonyl (C=O) groups excluding carboxylic acids is 2. The van der Waals surface area contributed by atoms with Crippen LogP contribution in [0.2, 0.25) is 0 Å². The Morgan fingerprint density at radius 2 is 1.97 bits per heavy atom. The number of fused-ring (bicyclic) bond motifs is 1. The number of aromatic nitrogens is 4. The zero-order chi connectivity index (χ0) is 24.4. The van der Waals surface area contributed by atoms with Crippen LogP contribution in [0.4, 0.5) is 15.8 Å². The van der Waals surface area contributed by atoms with Crippen LogP contribution in [0.15, 0.2) is 42.5 Å². The van der Waals surface area contributed by atoms with Gasteiger partial charge in [0.1, 0.15) is 24.2 Å². The molecule has 2 aliphatic rings. The minimum atomic E-state index is -1.00. The van der Waals surface area contributed by atoms with Crippen LogP contribution in [-0.4, -0.2) is 76.3 Å². The third-order valence-corrected chi connectivity index (χ3v) is 6.85. The Kier molecular flexibility index (Phi) is 6.53. The lowest BCUT2D eigenvalue weighted by Gasteiger charge is -2.30. The highest BCUT2D eigenvalue weighted by molar-refractivity contribution is 7.99. The standard InChI is InChI=1S/C23H24FN7O3S/c1-29-19-12-18(30-7-9-35-10-8-30)16(24)11-20(19)34-14-17(23(29)33)25-22(32)21-26-28-31(27-21)13-15-5-3-2-4-6-15/h2-6,11-12,17H,7-10,13-14H2,1H3,(H,25,32)/t17-/m0/s1. The zero-order valence-corrected chi connectivity index (χ0v) is 19.9. The lowest BCUT2D eigenvalue weighted by Crippen LogP contribution is -2.49. The highest BCUT2D eigenvalue weighted by atomic mass is 32.2. The number of carbonyl (C=O) groups is 2. The Bertz CT molecular complexity index is 1230. The van der Waals surface area contributed by atoms with Crippen LogP contribution in [0.25, 0.3) is 0 Å². The first-order chi connectivity index (χ1) is 17.0. The van der Waals surface area contributed by atoms with Gasteiger partial charge in [-0.1, -0.05) is 30.3 Å². The summed E-state index contributed by atoms with van der Waals surface area (Å²) < 4.78 is 20.6. The van der Waals surface area contributed by atoms with Gasteiger partial charge in [0.05, 0.1) is 17.9 Å². The van der Waals surface area contributed by atoms with Crippen LogP contribution in [0.1, 0.15) is 16.2 Å². The fraction of sp³-hybridized carbons (Fsp3) is 0.348. The van der Waals surface area contributed by atoms with Gasteiger partial charge in [0.2, 0.25) is 0 Å². The molecule has 0 spiro atoms. The van der Waals surface area contributed by atoms with Crippen molar-refractivity contribution in [1.29, 1.82) is 0 Å². The zero-order valence-electron chi connectivity index (χ0n) is 19.1. The van der Waals surface area contributed by atoms with Crippen molar-refractivity contribution in [3.63, 3.8) is 0 Å². The predicted octanol–water partition coefficient (Wildman–Crippen LogP) is 1.57. The molecule has 12 heteroatoms. The molecular weight excluding hydrogens is 473 g/mol. The first-order valence-corrected chi connectivity index (χ1v) is 12.3. The van der Waals surface area contributed by atoms with E-state index in [9.17, 15) is 14.0 Å². The number of amides is 2. The Labute approximate surface area is 205 Å². The molecule has 35 heavy (non-hydrogen) atoms. The Morgan fingerprint density at radius 1 is 1.20 bits per heavy atom. The Hall–Kier alpha value is -3.67. The summed E-state index contributed by atoms with van der Waals surface area (Å²) in [6.45, 7) is 1.67. The summed E-state index contributed by atoms with van der Waals surface area (Å²) in [5, 5.41) is 14.5. The molecule has 1 saturated heterocycles. The number of hydrogen-bond acceptors (Lipinski definition) is 8. The van der Waals surface area contributed by atoms with Crippen LogP contribution in [0.5, 0.6) is 5.75 Å². The first-order valence-electron chi connectivity index (χ1n) is 11.2. The van der Waals surface area contributed by atoms with Crippen LogP contribution >= 0.6 is 11.8 Å². The van der Waals surface area contributed by atoms with Crippen LogP contribution in [0, 0.1) is 5.82 Å². The van der Waals surface area contributed by atoms with E-state index in [0.29, 0.717) is 17.9 Å². The molecule has 2 aromatic carbocycles. The van der Waals surface area contributed by atoms with Crippen LogP contribution in [0.3, 0.4) is 0 Å². The van der Waals surface area contributed by atoms with E-state index in [2.05, 4.69) is 20.7 Å². The van der Waals surface area contributed by atoms with Gasteiger partial charge in [-0.25, -0.2) is 4.39 Å². The van der Waals surface area contributed by atoms with Crippen molar-refractivity contribution in [3.05, 3.63) is 59.7 Å². The molecule has 2 amide bonds. The van der Waals surface area contributed by atoms with Gasteiger partial charge < -0.3 is 19.9 Å². The maximum absolute atomic E-state index is 14.9. The van der Waals surface area contributed by atoms with E-state index < -0.39 is 17.8 Å². The normalized spacial score (nSPS) is 18.0. The molecule has 3 aromatic rings. The summed E-state index contributed by atoms with van der Waals surface area (Å²) >= 11 is 1.83. The van der Waals surface area contributed by atoms with Crippen molar-refractivity contribution in [1.82, 2.24) is 25.5 Å². The minimum Gasteiger partial charge on any atom is -0.489 e. The van der Waals surface area contributed by atoms with Crippen LogP contribution < -0.4 is 19.9 Å². The molecule has 0 bridgehead atoms. The van der Waals surface area contributed by atoms with E-state index in [1.54, 1.807) is 13.1 Å². The molecule has 2 aliphatic heterocycles. The third kappa shape index (κ3) is 4.92. The fourth-order valence-electron chi connectivity index (χ4n) is 4.03. The molecule has 0 unspecified atom stereocenters. The maximum atomic E-state index is 14.9. The molecule has 182 valence electrons. The van der Waals surface area contributed by atoms with Gasteiger partial charge in [-0.2, -0.15) is 16.6 Å². The van der Waals surface area contributed by atoms with Gasteiger partial charge in [0.15, 0.2) is 0 Å². The molecule has 3 heterocycles. The van der Waals surface area contributed by atoms with E-state index in [0.717, 1.165) is 30.2 Å². The number of benzene rings is 2. The number of anilines is 2. The van der Waals surface area contributed by atoms with E-state index in [-0.39, 0.29) is 24.1 Å². The topological polar surface area (TPSA) is 105 Å². The summed E-state index contributed by atoms with van der Waals surface area (Å²) in [7, 11) is 1.58. The number of thioether (sulfide) groups is 1. The summed E-state index contributed by atoms with van der Waals surface area (Å²) in [6, 6.07) is 11.5. The molecule has 0 aliphatic carbocycles. The van der Waals surface area contributed by atoms with Gasteiger partial charge in [0.25, 0.3) is 17.6 Å². The number of ether oxygens (including phenoxy) is 1. The molecule has 5 rings (SSSR count). The molecule has 0 saturated carbocycles. The largest absolute Gasteiger partial charge is 0.489 e.